The van der Waals surface area contributed by atoms with Crippen LogP contribution in [-0.2, 0) is 9.78 Å². The number of hydrogen-bond donors (Lipinski definition) is 0. The summed E-state index contributed by atoms with van der Waals surface area (Å²) in [4.78, 5) is 9.78. The van der Waals surface area contributed by atoms with Gasteiger partial charge in [-0.25, -0.2) is 9.78 Å². The van der Waals surface area contributed by atoms with E-state index in [0.717, 1.165) is 0 Å². The van der Waals surface area contributed by atoms with Crippen LogP contribution < -0.4 is 0 Å². The lowest BCUT2D eigenvalue weighted by Gasteiger charge is -2.03. The Bertz CT molecular complexity index is 64.9. The summed E-state index contributed by atoms with van der Waals surface area (Å²) < 4.78 is 0. The third-order valence-corrected chi connectivity index (χ3v) is 0.908. The molecule has 0 aromatic rings. The highest BCUT2D eigenvalue weighted by Gasteiger charge is 2.23. The third-order valence-electron chi connectivity index (χ3n) is 0.908. The van der Waals surface area contributed by atoms with Crippen LogP contribution in [0.5, 0.6) is 0 Å². The molecule has 0 atom stereocenters. The molecule has 1 saturated carbocycles. The number of hydrogen-bond acceptors (Lipinski definition) is 2. The Morgan fingerprint density at radius 2 is 2.00 bits per heavy atom. The van der Waals surface area contributed by atoms with Crippen LogP contribution in [0.1, 0.15) is 26.7 Å². The fraction of sp³-hybridized carbons (Fsp3) is 1.00. The molecule has 1 fully saturated rings. The summed E-state index contributed by atoms with van der Waals surface area (Å²) in [5.41, 5.74) is 0. The molecule has 0 unspecified atom stereocenters. The smallest absolute Gasteiger partial charge is 0.0932 e. The van der Waals surface area contributed by atoms with Gasteiger partial charge in [0.05, 0.1) is 12.2 Å². The fourth-order valence-corrected chi connectivity index (χ4v) is 0.354. The molecule has 8 heavy (non-hydrogen) atoms. The molecular weight excluding hydrogens is 104 g/mol. The van der Waals surface area contributed by atoms with Crippen LogP contribution in [0.25, 0.3) is 0 Å². The largest absolute Gasteiger partial charge is 0.234 e. The summed E-state index contributed by atoms with van der Waals surface area (Å²) in [6.45, 7) is 3.92. The molecule has 1 aliphatic rings. The van der Waals surface area contributed by atoms with Gasteiger partial charge in [-0.1, -0.05) is 0 Å². The van der Waals surface area contributed by atoms with Crippen LogP contribution in [0.15, 0.2) is 0 Å². The Hall–Kier alpha value is -0.0800. The van der Waals surface area contributed by atoms with Crippen molar-refractivity contribution in [2.45, 2.75) is 38.9 Å². The molecule has 1 rings (SSSR count). The molecule has 0 aliphatic heterocycles. The maximum absolute atomic E-state index is 4.91. The predicted octanol–water partition coefficient (Wildman–Crippen LogP) is 1.51. The van der Waals surface area contributed by atoms with Crippen molar-refractivity contribution in [3.63, 3.8) is 0 Å². The van der Waals surface area contributed by atoms with Crippen molar-refractivity contribution < 1.29 is 9.78 Å². The Morgan fingerprint density at radius 3 is 2.38 bits per heavy atom. The third kappa shape index (κ3) is 2.28. The maximum Gasteiger partial charge on any atom is 0.0932 e. The zero-order valence-electron chi connectivity index (χ0n) is 5.39. The molecule has 0 N–H and O–H groups in total. The Kier molecular flexibility index (Phi) is 1.86. The monoisotopic (exact) mass is 116 g/mol. The molecule has 0 amide bonds. The Morgan fingerprint density at radius 1 is 1.38 bits per heavy atom. The molecule has 2 nitrogen and oxygen atoms in total. The Labute approximate surface area is 49.7 Å². The van der Waals surface area contributed by atoms with E-state index in [4.69, 9.17) is 9.78 Å². The molecule has 0 saturated heterocycles. The lowest BCUT2D eigenvalue weighted by atomic mass is 10.5. The van der Waals surface area contributed by atoms with Crippen LogP contribution in [0, 0.1) is 0 Å². The average molecular weight is 116 g/mol. The molecule has 0 aromatic heterocycles. The summed E-state index contributed by atoms with van der Waals surface area (Å²) >= 11 is 0. The van der Waals surface area contributed by atoms with Gasteiger partial charge < -0.3 is 0 Å². The van der Waals surface area contributed by atoms with E-state index in [2.05, 4.69) is 0 Å². The minimum atomic E-state index is 0.204. The highest BCUT2D eigenvalue weighted by atomic mass is 17.2. The van der Waals surface area contributed by atoms with Gasteiger partial charge in [0.15, 0.2) is 0 Å². The second-order valence-corrected chi connectivity index (χ2v) is 2.44. The van der Waals surface area contributed by atoms with Gasteiger partial charge in [-0.05, 0) is 26.7 Å². The van der Waals surface area contributed by atoms with Crippen molar-refractivity contribution in [1.29, 1.82) is 0 Å². The van der Waals surface area contributed by atoms with Crippen LogP contribution in [0.4, 0.5) is 0 Å². The summed E-state index contributed by atoms with van der Waals surface area (Å²) in [5.74, 6) is 0. The Balaban J connectivity index is 1.87. The van der Waals surface area contributed by atoms with Gasteiger partial charge in [0.2, 0.25) is 0 Å². The van der Waals surface area contributed by atoms with Crippen molar-refractivity contribution in [3.8, 4) is 0 Å². The quantitative estimate of drug-likeness (QED) is 0.411. The normalized spacial score (nSPS) is 19.9. The van der Waals surface area contributed by atoms with Crippen molar-refractivity contribution in [2.75, 3.05) is 0 Å². The van der Waals surface area contributed by atoms with E-state index in [1.807, 2.05) is 13.8 Å². The van der Waals surface area contributed by atoms with Gasteiger partial charge in [0.25, 0.3) is 0 Å². The molecule has 0 aromatic carbocycles. The first-order valence-corrected chi connectivity index (χ1v) is 3.11. The summed E-state index contributed by atoms with van der Waals surface area (Å²) in [6.07, 6.45) is 2.97. The number of rotatable bonds is 3. The lowest BCUT2D eigenvalue weighted by Crippen LogP contribution is -2.04. The maximum atomic E-state index is 4.91. The van der Waals surface area contributed by atoms with Crippen molar-refractivity contribution in [1.82, 2.24) is 0 Å². The molecule has 0 radical (unpaired) electrons. The molecular formula is C6H12O2. The van der Waals surface area contributed by atoms with Gasteiger partial charge in [0, 0.05) is 0 Å². The van der Waals surface area contributed by atoms with E-state index >= 15 is 0 Å². The van der Waals surface area contributed by atoms with E-state index in [-0.39, 0.29) is 6.10 Å². The van der Waals surface area contributed by atoms with Crippen LogP contribution in [0.2, 0.25) is 0 Å². The van der Waals surface area contributed by atoms with Crippen LogP contribution in [0.3, 0.4) is 0 Å². The van der Waals surface area contributed by atoms with Crippen molar-refractivity contribution >= 4 is 0 Å². The molecule has 0 spiro atoms. The second-order valence-electron chi connectivity index (χ2n) is 2.44. The van der Waals surface area contributed by atoms with Crippen LogP contribution in [-0.4, -0.2) is 12.2 Å². The highest BCUT2D eigenvalue weighted by Crippen LogP contribution is 2.23. The van der Waals surface area contributed by atoms with Gasteiger partial charge in [0.1, 0.15) is 0 Å². The summed E-state index contributed by atoms with van der Waals surface area (Å²) in [6, 6.07) is 0. The highest BCUT2D eigenvalue weighted by molar-refractivity contribution is 4.71. The lowest BCUT2D eigenvalue weighted by molar-refractivity contribution is -0.325. The topological polar surface area (TPSA) is 18.5 Å². The first-order chi connectivity index (χ1) is 3.79. The van der Waals surface area contributed by atoms with E-state index < -0.39 is 0 Å². The van der Waals surface area contributed by atoms with Crippen molar-refractivity contribution in [3.05, 3.63) is 0 Å². The molecule has 2 heteroatoms. The molecule has 48 valence electrons. The van der Waals surface area contributed by atoms with Gasteiger partial charge >= 0.3 is 0 Å². The summed E-state index contributed by atoms with van der Waals surface area (Å²) in [7, 11) is 0. The molecule has 0 bridgehead atoms. The van der Waals surface area contributed by atoms with E-state index in [1.165, 1.54) is 12.8 Å². The first kappa shape index (κ1) is 6.05. The second kappa shape index (κ2) is 2.46. The fourth-order valence-electron chi connectivity index (χ4n) is 0.354. The average Bonchev–Trinajstić information content (AvgIpc) is 2.41. The predicted molar refractivity (Wildman–Crippen MR) is 30.3 cm³/mol. The van der Waals surface area contributed by atoms with E-state index in [9.17, 15) is 0 Å². The minimum absolute atomic E-state index is 0.204. The zero-order chi connectivity index (χ0) is 5.98. The van der Waals surface area contributed by atoms with Crippen molar-refractivity contribution in [2.24, 2.45) is 0 Å². The minimum Gasteiger partial charge on any atom is -0.234 e. The first-order valence-electron chi connectivity index (χ1n) is 3.11. The zero-order valence-corrected chi connectivity index (χ0v) is 5.39. The standard InChI is InChI=1S/C6H12O2/c1-5(2)7-8-6-3-4-6/h5-6H,3-4H2,1-2H3. The molecule has 1 aliphatic carbocycles. The molecule has 0 heterocycles. The van der Waals surface area contributed by atoms with Gasteiger partial charge in [-0.2, -0.15) is 0 Å². The van der Waals surface area contributed by atoms with Gasteiger partial charge in [-0.3, -0.25) is 0 Å². The summed E-state index contributed by atoms with van der Waals surface area (Å²) in [5, 5.41) is 0. The van der Waals surface area contributed by atoms with Crippen LogP contribution >= 0.6 is 0 Å². The van der Waals surface area contributed by atoms with E-state index in [0.29, 0.717) is 6.10 Å². The SMILES string of the molecule is CC(C)OOC1CC1. The van der Waals surface area contributed by atoms with Gasteiger partial charge in [-0.15, -0.1) is 0 Å². The van der Waals surface area contributed by atoms with E-state index in [1.54, 1.807) is 0 Å².